The minimum atomic E-state index is -0.0486. The summed E-state index contributed by atoms with van der Waals surface area (Å²) < 4.78 is 0. The molecule has 0 spiro atoms. The minimum Gasteiger partial charge on any atom is -0.393 e. The molecule has 0 radical (unpaired) electrons. The van der Waals surface area contributed by atoms with Crippen molar-refractivity contribution in [1.82, 2.24) is 0 Å². The van der Waals surface area contributed by atoms with Crippen LogP contribution in [0.4, 0.5) is 0 Å². The highest BCUT2D eigenvalue weighted by Gasteiger charge is 2.59. The van der Waals surface area contributed by atoms with Crippen molar-refractivity contribution in [1.29, 1.82) is 5.41 Å². The van der Waals surface area contributed by atoms with Crippen LogP contribution in [-0.2, 0) is 0 Å². The van der Waals surface area contributed by atoms with Crippen LogP contribution in [0.1, 0.15) is 71.6 Å². The summed E-state index contributed by atoms with van der Waals surface area (Å²) >= 11 is 0. The largest absolute Gasteiger partial charge is 0.393 e. The van der Waals surface area contributed by atoms with Crippen LogP contribution in [0.15, 0.2) is 11.6 Å². The van der Waals surface area contributed by atoms with Crippen LogP contribution < -0.4 is 0 Å². The first kappa shape index (κ1) is 15.9. The first-order valence-electron chi connectivity index (χ1n) is 9.85. The second kappa shape index (κ2) is 5.44. The maximum absolute atomic E-state index is 10.5. The first-order chi connectivity index (χ1) is 11.0. The molecule has 7 atom stereocenters. The lowest BCUT2D eigenvalue weighted by Crippen LogP contribution is -2.53. The van der Waals surface area contributed by atoms with Gasteiger partial charge in [-0.2, -0.15) is 0 Å². The second-order valence-corrected chi connectivity index (χ2v) is 9.49. The highest BCUT2D eigenvalue weighted by molar-refractivity contribution is 5.68. The van der Waals surface area contributed by atoms with Gasteiger partial charge in [-0.3, -0.25) is 0 Å². The van der Waals surface area contributed by atoms with E-state index in [2.05, 4.69) is 19.9 Å². The van der Waals surface area contributed by atoms with E-state index in [0.717, 1.165) is 30.1 Å². The van der Waals surface area contributed by atoms with Crippen LogP contribution in [0.25, 0.3) is 0 Å². The normalized spacial score (nSPS) is 54.2. The molecule has 0 bridgehead atoms. The number of allylic oxidation sites excluding steroid dienone is 2. The summed E-state index contributed by atoms with van der Waals surface area (Å²) in [5.74, 6) is 3.35. The monoisotopic (exact) mass is 315 g/mol. The van der Waals surface area contributed by atoms with Gasteiger partial charge in [0.1, 0.15) is 0 Å². The minimum absolute atomic E-state index is 0.0486. The van der Waals surface area contributed by atoms with Gasteiger partial charge in [0.2, 0.25) is 0 Å². The summed E-state index contributed by atoms with van der Waals surface area (Å²) in [6, 6.07) is 0. The smallest absolute Gasteiger partial charge is 0.0596 e. The standard InChI is InChI=1S/C21H33NO/c1-20-10-7-14(9-12-22)13-15(20)3-4-16-17-5-6-19(23)21(17,2)11-8-18(16)20/h9,12,15-19,22-23H,3-8,10-11,13H2,1-2H3/b14-9+,22-12?/t15?,16?,17?,18?,19-,20-,21-/m0/s1. The molecule has 0 heterocycles. The Balaban J connectivity index is 1.59. The fourth-order valence-electron chi connectivity index (χ4n) is 7.35. The fourth-order valence-corrected chi connectivity index (χ4v) is 7.35. The summed E-state index contributed by atoms with van der Waals surface area (Å²) in [6.45, 7) is 4.97. The van der Waals surface area contributed by atoms with Crippen molar-refractivity contribution < 1.29 is 5.11 Å². The highest BCUT2D eigenvalue weighted by atomic mass is 16.3. The Kier molecular flexibility index (Phi) is 3.75. The van der Waals surface area contributed by atoms with Gasteiger partial charge in [0.15, 0.2) is 0 Å². The van der Waals surface area contributed by atoms with E-state index >= 15 is 0 Å². The van der Waals surface area contributed by atoms with Gasteiger partial charge >= 0.3 is 0 Å². The number of aliphatic hydroxyl groups is 1. The van der Waals surface area contributed by atoms with Crippen molar-refractivity contribution in [2.45, 2.75) is 77.7 Å². The Morgan fingerprint density at radius 1 is 1.00 bits per heavy atom. The molecule has 2 nitrogen and oxygen atoms in total. The molecule has 4 unspecified atom stereocenters. The first-order valence-corrected chi connectivity index (χ1v) is 9.85. The Hall–Kier alpha value is -0.630. The summed E-state index contributed by atoms with van der Waals surface area (Å²) in [4.78, 5) is 0. The lowest BCUT2D eigenvalue weighted by Gasteiger charge is -2.60. The summed E-state index contributed by atoms with van der Waals surface area (Å²) in [7, 11) is 0. The van der Waals surface area contributed by atoms with Gasteiger partial charge in [-0.25, -0.2) is 0 Å². The molecule has 4 aliphatic rings. The van der Waals surface area contributed by atoms with Gasteiger partial charge in [-0.15, -0.1) is 0 Å². The SMILES string of the molecule is C[C@]12CC/C(=C\C=N)CC1CCC1C2CC[C@@]2(C)C1CC[C@@H]2O. The molecule has 0 aromatic heterocycles. The van der Waals surface area contributed by atoms with Crippen molar-refractivity contribution in [3.05, 3.63) is 11.6 Å². The Bertz CT molecular complexity index is 526. The second-order valence-electron chi connectivity index (χ2n) is 9.49. The lowest BCUT2D eigenvalue weighted by atomic mass is 9.45. The molecule has 0 aromatic carbocycles. The zero-order valence-electron chi connectivity index (χ0n) is 14.9. The Morgan fingerprint density at radius 2 is 1.78 bits per heavy atom. The number of fused-ring (bicyclic) bond motifs is 5. The molecule has 0 amide bonds. The molecule has 23 heavy (non-hydrogen) atoms. The number of aliphatic hydroxyl groups excluding tert-OH is 1. The molecule has 4 aliphatic carbocycles. The molecule has 0 aromatic rings. The van der Waals surface area contributed by atoms with E-state index in [1.165, 1.54) is 63.2 Å². The van der Waals surface area contributed by atoms with Crippen LogP contribution in [0, 0.1) is 39.9 Å². The van der Waals surface area contributed by atoms with Crippen molar-refractivity contribution >= 4 is 6.21 Å². The molecule has 0 aliphatic heterocycles. The van der Waals surface area contributed by atoms with Gasteiger partial charge in [-0.05, 0) is 98.4 Å². The van der Waals surface area contributed by atoms with E-state index in [1.54, 1.807) is 0 Å². The van der Waals surface area contributed by atoms with E-state index in [0.29, 0.717) is 5.41 Å². The topological polar surface area (TPSA) is 44.1 Å². The molecular weight excluding hydrogens is 282 g/mol. The van der Waals surface area contributed by atoms with Crippen LogP contribution >= 0.6 is 0 Å². The van der Waals surface area contributed by atoms with Crippen LogP contribution in [0.3, 0.4) is 0 Å². The molecule has 2 heteroatoms. The highest BCUT2D eigenvalue weighted by Crippen LogP contribution is 2.66. The quantitative estimate of drug-likeness (QED) is 0.659. The molecule has 128 valence electrons. The van der Waals surface area contributed by atoms with E-state index in [-0.39, 0.29) is 11.5 Å². The Labute approximate surface area is 141 Å². The fraction of sp³-hybridized carbons (Fsp3) is 0.857. The van der Waals surface area contributed by atoms with Crippen molar-refractivity contribution in [3.8, 4) is 0 Å². The van der Waals surface area contributed by atoms with Gasteiger partial charge in [0.05, 0.1) is 6.10 Å². The predicted molar refractivity (Wildman–Crippen MR) is 94.6 cm³/mol. The molecule has 4 fully saturated rings. The molecule has 4 rings (SSSR count). The van der Waals surface area contributed by atoms with Crippen LogP contribution in [-0.4, -0.2) is 17.4 Å². The number of hydrogen-bond donors (Lipinski definition) is 2. The third-order valence-corrected chi connectivity index (χ3v) is 8.83. The zero-order valence-corrected chi connectivity index (χ0v) is 14.9. The Morgan fingerprint density at radius 3 is 2.57 bits per heavy atom. The van der Waals surface area contributed by atoms with Gasteiger partial charge < -0.3 is 10.5 Å². The third kappa shape index (κ3) is 2.20. The third-order valence-electron chi connectivity index (χ3n) is 8.83. The van der Waals surface area contributed by atoms with Crippen LogP contribution in [0.2, 0.25) is 0 Å². The average molecular weight is 316 g/mol. The molecule has 0 saturated heterocycles. The van der Waals surface area contributed by atoms with Gasteiger partial charge in [-0.1, -0.05) is 19.4 Å². The lowest BCUT2D eigenvalue weighted by molar-refractivity contribution is -0.115. The van der Waals surface area contributed by atoms with Crippen LogP contribution in [0.5, 0.6) is 0 Å². The van der Waals surface area contributed by atoms with Crippen molar-refractivity contribution in [2.75, 3.05) is 0 Å². The van der Waals surface area contributed by atoms with Gasteiger partial charge in [0, 0.05) is 6.21 Å². The summed E-state index contributed by atoms with van der Waals surface area (Å²) in [6.07, 6.45) is 14.9. The predicted octanol–water partition coefficient (Wildman–Crippen LogP) is 4.97. The van der Waals surface area contributed by atoms with E-state index in [1.807, 2.05) is 0 Å². The summed E-state index contributed by atoms with van der Waals surface area (Å²) in [5.41, 5.74) is 2.24. The van der Waals surface area contributed by atoms with E-state index in [4.69, 9.17) is 5.41 Å². The summed E-state index contributed by atoms with van der Waals surface area (Å²) in [5, 5.41) is 17.9. The van der Waals surface area contributed by atoms with Gasteiger partial charge in [0.25, 0.3) is 0 Å². The molecular formula is C21H33NO. The number of nitrogens with one attached hydrogen (secondary N) is 1. The maximum atomic E-state index is 10.5. The van der Waals surface area contributed by atoms with Crippen molar-refractivity contribution in [2.24, 2.45) is 34.5 Å². The number of rotatable bonds is 1. The van der Waals surface area contributed by atoms with E-state index < -0.39 is 0 Å². The average Bonchev–Trinajstić information content (AvgIpc) is 2.84. The number of hydrogen-bond acceptors (Lipinski definition) is 2. The van der Waals surface area contributed by atoms with Crippen molar-refractivity contribution in [3.63, 3.8) is 0 Å². The maximum Gasteiger partial charge on any atom is 0.0596 e. The molecule has 4 saturated carbocycles. The molecule has 2 N–H and O–H groups in total. The zero-order chi connectivity index (χ0) is 16.2. The van der Waals surface area contributed by atoms with E-state index in [9.17, 15) is 5.11 Å².